The highest BCUT2D eigenvalue weighted by Crippen LogP contribution is 2.37. The number of aliphatic imine (C=N–C) groups is 1. The Bertz CT molecular complexity index is 1270. The Labute approximate surface area is 188 Å². The lowest BCUT2D eigenvalue weighted by Crippen LogP contribution is -2.00. The van der Waals surface area contributed by atoms with E-state index in [1.54, 1.807) is 12.3 Å². The zero-order valence-corrected chi connectivity index (χ0v) is 18.8. The molecule has 0 atom stereocenters. The van der Waals surface area contributed by atoms with Crippen molar-refractivity contribution in [1.29, 1.82) is 0 Å². The van der Waals surface area contributed by atoms with Crippen LogP contribution in [-0.4, -0.2) is 20.9 Å². The van der Waals surface area contributed by atoms with Crippen LogP contribution >= 0.6 is 0 Å². The Morgan fingerprint density at radius 2 is 1.91 bits per heavy atom. The van der Waals surface area contributed by atoms with Crippen molar-refractivity contribution in [3.8, 4) is 5.75 Å². The highest BCUT2D eigenvalue weighted by Gasteiger charge is 2.21. The predicted octanol–water partition coefficient (Wildman–Crippen LogP) is 7.09. The molecule has 5 nitrogen and oxygen atoms in total. The number of hydrogen-bond acceptors (Lipinski definition) is 4. The van der Waals surface area contributed by atoms with Crippen LogP contribution in [0.25, 0.3) is 22.0 Å². The number of nitrogens with zero attached hydrogens (tertiary/aromatic N) is 3. The van der Waals surface area contributed by atoms with Crippen LogP contribution in [0, 0.1) is 0 Å². The molecular weight excluding hydrogens is 398 g/mol. The van der Waals surface area contributed by atoms with E-state index in [1.807, 2.05) is 18.2 Å². The number of aryl methyl sites for hydroxylation is 3. The number of imidazole rings is 1. The minimum atomic E-state index is 0.234. The summed E-state index contributed by atoms with van der Waals surface area (Å²) in [5.74, 6) is 1.99. The number of fused-ring (bicyclic) bond motifs is 4. The maximum Gasteiger partial charge on any atom is 0.230 e. The first-order valence-electron chi connectivity index (χ1n) is 12.0. The van der Waals surface area contributed by atoms with Gasteiger partial charge in [-0.1, -0.05) is 44.7 Å². The number of benzene rings is 2. The number of rotatable bonds is 8. The van der Waals surface area contributed by atoms with Crippen LogP contribution in [0.15, 0.2) is 45.8 Å². The minimum absolute atomic E-state index is 0.234. The Morgan fingerprint density at radius 1 is 1.06 bits per heavy atom. The van der Waals surface area contributed by atoms with E-state index in [2.05, 4.69) is 23.6 Å². The van der Waals surface area contributed by atoms with Crippen LogP contribution in [0.5, 0.6) is 5.75 Å². The molecule has 1 aliphatic carbocycles. The summed E-state index contributed by atoms with van der Waals surface area (Å²) in [5.41, 5.74) is 4.86. The van der Waals surface area contributed by atoms with Gasteiger partial charge in [0, 0.05) is 35.7 Å². The average Bonchev–Trinajstić information content (AvgIpc) is 3.36. The molecule has 0 saturated heterocycles. The van der Waals surface area contributed by atoms with E-state index in [0.29, 0.717) is 5.95 Å². The number of aromatic hydroxyl groups is 1. The lowest BCUT2D eigenvalue weighted by molar-refractivity contribution is 0.474. The monoisotopic (exact) mass is 429 g/mol. The third-order valence-corrected chi connectivity index (χ3v) is 6.57. The number of aromatic nitrogens is 2. The van der Waals surface area contributed by atoms with E-state index >= 15 is 0 Å². The van der Waals surface area contributed by atoms with Crippen molar-refractivity contribution in [3.05, 3.63) is 53.3 Å². The smallest absolute Gasteiger partial charge is 0.230 e. The van der Waals surface area contributed by atoms with Gasteiger partial charge in [-0.15, -0.1) is 0 Å². The highest BCUT2D eigenvalue weighted by atomic mass is 16.3. The number of phenolic OH excluding ortho intramolecular Hbond substituents is 1. The number of hydrogen-bond donors (Lipinski definition) is 1. The van der Waals surface area contributed by atoms with Crippen LogP contribution in [0.4, 0.5) is 5.95 Å². The van der Waals surface area contributed by atoms with E-state index in [0.717, 1.165) is 72.0 Å². The quantitative estimate of drug-likeness (QED) is 0.240. The van der Waals surface area contributed by atoms with Crippen molar-refractivity contribution < 1.29 is 9.52 Å². The first-order valence-corrected chi connectivity index (χ1v) is 12.0. The SMILES string of the molecule is CCCCCCCn1c(/N=C/c2c(O)ccc3oc4c(c23)CCCC4)nc2ccccc21. The third-order valence-electron chi connectivity index (χ3n) is 6.57. The van der Waals surface area contributed by atoms with Gasteiger partial charge in [-0.2, -0.15) is 0 Å². The van der Waals surface area contributed by atoms with E-state index in [9.17, 15) is 5.11 Å². The molecule has 0 spiro atoms. The molecule has 1 aliphatic rings. The van der Waals surface area contributed by atoms with Gasteiger partial charge in [-0.05, 0) is 49.9 Å². The number of unbranched alkanes of at least 4 members (excludes halogenated alkanes) is 4. The molecule has 0 fully saturated rings. The minimum Gasteiger partial charge on any atom is -0.507 e. The number of para-hydroxylation sites is 2. The van der Waals surface area contributed by atoms with Crippen molar-refractivity contribution in [1.82, 2.24) is 9.55 Å². The molecule has 2 aromatic carbocycles. The lowest BCUT2D eigenvalue weighted by Gasteiger charge is -2.10. The van der Waals surface area contributed by atoms with Gasteiger partial charge < -0.3 is 14.1 Å². The van der Waals surface area contributed by atoms with Crippen LogP contribution < -0.4 is 0 Å². The topological polar surface area (TPSA) is 63.5 Å². The second-order valence-corrected chi connectivity index (χ2v) is 8.81. The van der Waals surface area contributed by atoms with Gasteiger partial charge in [0.25, 0.3) is 0 Å². The molecule has 2 heterocycles. The van der Waals surface area contributed by atoms with E-state index in [4.69, 9.17) is 14.4 Å². The molecular formula is C27H31N3O2. The van der Waals surface area contributed by atoms with E-state index < -0.39 is 0 Å². The summed E-state index contributed by atoms with van der Waals surface area (Å²) in [6, 6.07) is 11.8. The van der Waals surface area contributed by atoms with Crippen molar-refractivity contribution in [2.75, 3.05) is 0 Å². The van der Waals surface area contributed by atoms with Gasteiger partial charge in [0.05, 0.1) is 11.0 Å². The van der Waals surface area contributed by atoms with Gasteiger partial charge in [0.1, 0.15) is 17.1 Å². The molecule has 0 aliphatic heterocycles. The molecule has 32 heavy (non-hydrogen) atoms. The fourth-order valence-corrected chi connectivity index (χ4v) is 4.88. The largest absolute Gasteiger partial charge is 0.507 e. The summed E-state index contributed by atoms with van der Waals surface area (Å²) in [6.45, 7) is 3.14. The zero-order valence-electron chi connectivity index (χ0n) is 18.8. The third kappa shape index (κ3) is 3.92. The molecule has 1 N–H and O–H groups in total. The number of phenols is 1. The fraction of sp³-hybridized carbons (Fsp3) is 0.407. The van der Waals surface area contributed by atoms with Gasteiger partial charge in [0.2, 0.25) is 5.95 Å². The molecule has 0 bridgehead atoms. The second kappa shape index (κ2) is 9.19. The maximum atomic E-state index is 10.7. The second-order valence-electron chi connectivity index (χ2n) is 8.81. The average molecular weight is 430 g/mol. The number of furan rings is 1. The van der Waals surface area contributed by atoms with Gasteiger partial charge in [0.15, 0.2) is 0 Å². The molecule has 0 unspecified atom stereocenters. The van der Waals surface area contributed by atoms with Crippen molar-refractivity contribution in [3.63, 3.8) is 0 Å². The van der Waals surface area contributed by atoms with Gasteiger partial charge in [-0.3, -0.25) is 0 Å². The predicted molar refractivity (Wildman–Crippen MR) is 130 cm³/mol. The zero-order chi connectivity index (χ0) is 21.9. The first-order chi connectivity index (χ1) is 15.8. The van der Waals surface area contributed by atoms with Crippen molar-refractivity contribution >= 4 is 34.2 Å². The summed E-state index contributed by atoms with van der Waals surface area (Å²) in [7, 11) is 0. The van der Waals surface area contributed by atoms with Gasteiger partial charge >= 0.3 is 0 Å². The maximum absolute atomic E-state index is 10.7. The lowest BCUT2D eigenvalue weighted by atomic mass is 9.94. The van der Waals surface area contributed by atoms with Crippen molar-refractivity contribution in [2.24, 2.45) is 4.99 Å². The molecule has 5 heteroatoms. The molecule has 4 aromatic rings. The highest BCUT2D eigenvalue weighted by molar-refractivity contribution is 6.03. The normalized spacial score (nSPS) is 14.0. The summed E-state index contributed by atoms with van der Waals surface area (Å²) in [4.78, 5) is 9.58. The van der Waals surface area contributed by atoms with E-state index in [-0.39, 0.29) is 5.75 Å². The molecule has 0 saturated carbocycles. The summed E-state index contributed by atoms with van der Waals surface area (Å²) < 4.78 is 8.31. The van der Waals surface area contributed by atoms with Crippen LogP contribution in [0.3, 0.4) is 0 Å². The van der Waals surface area contributed by atoms with Crippen LogP contribution in [-0.2, 0) is 19.4 Å². The molecule has 2 aromatic heterocycles. The Morgan fingerprint density at radius 3 is 2.81 bits per heavy atom. The Hall–Kier alpha value is -3.08. The van der Waals surface area contributed by atoms with Crippen LogP contribution in [0.1, 0.15) is 68.8 Å². The molecule has 5 rings (SSSR count). The van der Waals surface area contributed by atoms with Crippen LogP contribution in [0.2, 0.25) is 0 Å². The Kier molecular flexibility index (Phi) is 5.97. The standard InChI is InChI=1S/C27H31N3O2/c1-2-3-4-5-10-17-30-22-13-8-7-12-21(22)29-27(30)28-18-20-23(31)15-16-25-26(20)19-11-6-9-14-24(19)32-25/h7-8,12-13,15-16,18,31H,2-6,9-11,14,17H2,1H3/b28-18+. The Balaban J connectivity index is 1.51. The first kappa shape index (κ1) is 20.8. The van der Waals surface area contributed by atoms with E-state index in [1.165, 1.54) is 31.2 Å². The fourth-order valence-electron chi connectivity index (χ4n) is 4.88. The molecule has 166 valence electrons. The molecule has 0 radical (unpaired) electrons. The summed E-state index contributed by atoms with van der Waals surface area (Å²) in [6.07, 6.45) is 12.2. The summed E-state index contributed by atoms with van der Waals surface area (Å²) in [5, 5.41) is 11.7. The van der Waals surface area contributed by atoms with Crippen molar-refractivity contribution in [2.45, 2.75) is 71.3 Å². The van der Waals surface area contributed by atoms with Gasteiger partial charge in [-0.25, -0.2) is 9.98 Å². The molecule has 0 amide bonds. The summed E-state index contributed by atoms with van der Waals surface area (Å²) >= 11 is 0.